The van der Waals surface area contributed by atoms with Gasteiger partial charge in [-0.25, -0.2) is 19.9 Å². The number of nitrogens with one attached hydrogen (secondary N) is 1. The summed E-state index contributed by atoms with van der Waals surface area (Å²) in [7, 11) is 1.61. The fraction of sp³-hybridized carbons (Fsp3) is 0.217. The number of nitriles is 1. The van der Waals surface area contributed by atoms with Crippen molar-refractivity contribution in [3.8, 4) is 23.2 Å². The normalized spacial score (nSPS) is 13.5. The Bertz CT molecular complexity index is 1350. The van der Waals surface area contributed by atoms with Gasteiger partial charge in [0.25, 0.3) is 0 Å². The largest absolute Gasteiger partial charge is 0.494 e. The Labute approximate surface area is 189 Å². The molecule has 10 heteroatoms. The molecule has 0 aliphatic carbocycles. The van der Waals surface area contributed by atoms with Crippen molar-refractivity contribution in [2.75, 3.05) is 43.6 Å². The summed E-state index contributed by atoms with van der Waals surface area (Å²) in [4.78, 5) is 24.7. The van der Waals surface area contributed by atoms with Gasteiger partial charge < -0.3 is 19.7 Å². The summed E-state index contributed by atoms with van der Waals surface area (Å²) in [5, 5.41) is 13.1. The third kappa shape index (κ3) is 4.22. The highest BCUT2D eigenvalue weighted by Crippen LogP contribution is 2.34. The van der Waals surface area contributed by atoms with E-state index in [-0.39, 0.29) is 0 Å². The molecule has 0 amide bonds. The number of pyridine rings is 3. The highest BCUT2D eigenvalue weighted by molar-refractivity contribution is 5.95. The molecule has 10 nitrogen and oxygen atoms in total. The van der Waals surface area contributed by atoms with Crippen molar-refractivity contribution < 1.29 is 9.47 Å². The average Bonchev–Trinajstić information content (AvgIpc) is 2.88. The van der Waals surface area contributed by atoms with Crippen LogP contribution in [0.5, 0.6) is 5.75 Å². The molecule has 0 radical (unpaired) electrons. The predicted octanol–water partition coefficient (Wildman–Crippen LogP) is 2.94. The molecular formula is C23H20N8O2. The quantitative estimate of drug-likeness (QED) is 0.495. The number of hydrogen-bond acceptors (Lipinski definition) is 10. The molecule has 164 valence electrons. The van der Waals surface area contributed by atoms with E-state index in [1.807, 2.05) is 12.1 Å². The van der Waals surface area contributed by atoms with E-state index < -0.39 is 0 Å². The summed E-state index contributed by atoms with van der Waals surface area (Å²) in [6.45, 7) is 2.71. The van der Waals surface area contributed by atoms with E-state index in [0.29, 0.717) is 47.5 Å². The minimum atomic E-state index is 0.512. The van der Waals surface area contributed by atoms with Gasteiger partial charge in [-0.15, -0.1) is 0 Å². The van der Waals surface area contributed by atoms with Crippen LogP contribution < -0.4 is 15.0 Å². The van der Waals surface area contributed by atoms with Crippen molar-refractivity contribution in [3.05, 3.63) is 54.6 Å². The van der Waals surface area contributed by atoms with Gasteiger partial charge in [-0.2, -0.15) is 5.26 Å². The second-order valence-corrected chi connectivity index (χ2v) is 7.30. The molecule has 0 saturated carbocycles. The Kier molecular flexibility index (Phi) is 5.61. The third-order valence-corrected chi connectivity index (χ3v) is 5.25. The molecule has 0 atom stereocenters. The number of nitrogens with zero attached hydrogens (tertiary/aromatic N) is 7. The van der Waals surface area contributed by atoms with Gasteiger partial charge in [0.2, 0.25) is 0 Å². The zero-order chi connectivity index (χ0) is 22.6. The topological polar surface area (TPSA) is 122 Å². The van der Waals surface area contributed by atoms with E-state index >= 15 is 0 Å². The first-order chi connectivity index (χ1) is 16.2. The molecule has 0 aromatic carbocycles. The summed E-state index contributed by atoms with van der Waals surface area (Å²) in [6, 6.07) is 9.11. The van der Waals surface area contributed by atoms with Gasteiger partial charge >= 0.3 is 0 Å². The molecule has 4 aromatic heterocycles. The van der Waals surface area contributed by atoms with Gasteiger partial charge in [0.05, 0.1) is 55.3 Å². The first kappa shape index (κ1) is 20.5. The number of anilines is 3. The summed E-state index contributed by atoms with van der Waals surface area (Å²) in [5.41, 5.74) is 1.98. The third-order valence-electron chi connectivity index (χ3n) is 5.25. The van der Waals surface area contributed by atoms with Gasteiger partial charge in [0.15, 0.2) is 5.82 Å². The van der Waals surface area contributed by atoms with Crippen molar-refractivity contribution in [2.24, 2.45) is 0 Å². The predicted molar refractivity (Wildman–Crippen MR) is 122 cm³/mol. The maximum absolute atomic E-state index is 9.11. The van der Waals surface area contributed by atoms with Crippen molar-refractivity contribution in [3.63, 3.8) is 0 Å². The lowest BCUT2D eigenvalue weighted by molar-refractivity contribution is 0.122. The van der Waals surface area contributed by atoms with E-state index in [9.17, 15) is 0 Å². The summed E-state index contributed by atoms with van der Waals surface area (Å²) in [5.74, 6) is 3.05. The summed E-state index contributed by atoms with van der Waals surface area (Å²) < 4.78 is 11.1. The highest BCUT2D eigenvalue weighted by atomic mass is 16.5. The minimum absolute atomic E-state index is 0.512. The molecule has 0 bridgehead atoms. The van der Waals surface area contributed by atoms with Crippen LogP contribution in [0.25, 0.3) is 22.3 Å². The van der Waals surface area contributed by atoms with Crippen molar-refractivity contribution >= 4 is 28.4 Å². The van der Waals surface area contributed by atoms with Crippen molar-refractivity contribution in [2.45, 2.75) is 0 Å². The van der Waals surface area contributed by atoms with E-state index in [0.717, 1.165) is 29.9 Å². The van der Waals surface area contributed by atoms with Crippen LogP contribution in [-0.4, -0.2) is 58.3 Å². The minimum Gasteiger partial charge on any atom is -0.494 e. The second kappa shape index (κ2) is 9.02. The van der Waals surface area contributed by atoms with E-state index in [1.165, 1.54) is 0 Å². The number of ether oxygens (including phenoxy) is 2. The number of methoxy groups -OCH3 is 1. The van der Waals surface area contributed by atoms with Gasteiger partial charge in [0.1, 0.15) is 23.2 Å². The van der Waals surface area contributed by atoms with Gasteiger partial charge in [0, 0.05) is 31.0 Å². The van der Waals surface area contributed by atoms with E-state index in [4.69, 9.17) is 24.7 Å². The molecule has 1 aliphatic heterocycles. The molecule has 5 rings (SSSR count). The van der Waals surface area contributed by atoms with Crippen LogP contribution in [0.1, 0.15) is 5.56 Å². The first-order valence-electron chi connectivity index (χ1n) is 10.4. The Hall–Kier alpha value is -4.36. The Morgan fingerprint density at radius 3 is 2.64 bits per heavy atom. The van der Waals surface area contributed by atoms with Gasteiger partial charge in [-0.05, 0) is 24.3 Å². The number of hydrogen-bond donors (Lipinski definition) is 1. The average molecular weight is 440 g/mol. The van der Waals surface area contributed by atoms with Gasteiger partial charge in [-0.3, -0.25) is 4.98 Å². The van der Waals surface area contributed by atoms with E-state index in [2.05, 4.69) is 31.2 Å². The Morgan fingerprint density at radius 2 is 1.85 bits per heavy atom. The lowest BCUT2D eigenvalue weighted by Crippen LogP contribution is -2.37. The SMILES string of the molecule is COc1cncc2nc(-c3ccnc(Nc4cc(C#N)ccn4)c3)nc(N3CCOCC3)c12. The molecule has 0 spiro atoms. The Morgan fingerprint density at radius 1 is 1.06 bits per heavy atom. The van der Waals surface area contributed by atoms with Crippen molar-refractivity contribution in [1.82, 2.24) is 24.9 Å². The summed E-state index contributed by atoms with van der Waals surface area (Å²) in [6.07, 6.45) is 6.64. The van der Waals surface area contributed by atoms with Crippen LogP contribution in [-0.2, 0) is 4.74 Å². The maximum Gasteiger partial charge on any atom is 0.162 e. The van der Waals surface area contributed by atoms with Crippen LogP contribution in [0, 0.1) is 11.3 Å². The van der Waals surface area contributed by atoms with Crippen LogP contribution >= 0.6 is 0 Å². The fourth-order valence-corrected chi connectivity index (χ4v) is 3.66. The number of fused-ring (bicyclic) bond motifs is 1. The molecule has 5 heterocycles. The number of aromatic nitrogens is 5. The molecule has 0 unspecified atom stereocenters. The van der Waals surface area contributed by atoms with Crippen LogP contribution in [0.15, 0.2) is 49.1 Å². The smallest absolute Gasteiger partial charge is 0.162 e. The van der Waals surface area contributed by atoms with E-state index in [1.54, 1.807) is 44.0 Å². The lowest BCUT2D eigenvalue weighted by atomic mass is 10.2. The van der Waals surface area contributed by atoms with Crippen LogP contribution in [0.4, 0.5) is 17.5 Å². The number of rotatable bonds is 5. The highest BCUT2D eigenvalue weighted by Gasteiger charge is 2.21. The molecule has 1 saturated heterocycles. The standard InChI is InChI=1S/C23H20N8O2/c1-32-18-14-25-13-17-21(18)23(31-6-8-33-9-7-31)30-22(28-17)16-3-5-27-20(11-16)29-19-10-15(12-24)2-4-26-19/h2-5,10-11,13-14H,6-9H2,1H3,(H,26,27,29). The second-order valence-electron chi connectivity index (χ2n) is 7.30. The van der Waals surface area contributed by atoms with Crippen molar-refractivity contribution in [1.29, 1.82) is 5.26 Å². The van der Waals surface area contributed by atoms with Gasteiger partial charge in [-0.1, -0.05) is 0 Å². The monoisotopic (exact) mass is 440 g/mol. The zero-order valence-electron chi connectivity index (χ0n) is 17.9. The molecule has 1 N–H and O–H groups in total. The molecule has 1 aliphatic rings. The maximum atomic E-state index is 9.11. The molecule has 4 aromatic rings. The molecular weight excluding hydrogens is 420 g/mol. The Balaban J connectivity index is 1.57. The fourth-order valence-electron chi connectivity index (χ4n) is 3.66. The summed E-state index contributed by atoms with van der Waals surface area (Å²) >= 11 is 0. The first-order valence-corrected chi connectivity index (χ1v) is 10.4. The molecule has 33 heavy (non-hydrogen) atoms. The van der Waals surface area contributed by atoms with Crippen LogP contribution in [0.3, 0.4) is 0 Å². The lowest BCUT2D eigenvalue weighted by Gasteiger charge is -2.29. The zero-order valence-corrected chi connectivity index (χ0v) is 17.9. The van der Waals surface area contributed by atoms with Crippen LogP contribution in [0.2, 0.25) is 0 Å². The molecule has 1 fully saturated rings. The number of morpholine rings is 1.